The van der Waals surface area contributed by atoms with E-state index in [0.717, 1.165) is 0 Å². The fourth-order valence-corrected chi connectivity index (χ4v) is 3.03. The van der Waals surface area contributed by atoms with Crippen molar-refractivity contribution in [1.29, 1.82) is 0 Å². The maximum absolute atomic E-state index is 12.8. The topological polar surface area (TPSA) is 89.5 Å². The first kappa shape index (κ1) is 21.0. The summed E-state index contributed by atoms with van der Waals surface area (Å²) < 4.78 is 31.9. The number of carbonyl (C=O) groups is 2. The molecule has 3 rings (SSSR count). The molecule has 8 heteroatoms. The number of allylic oxidation sites excluding steroid dienone is 1. The molecule has 1 aliphatic rings. The van der Waals surface area contributed by atoms with Crippen LogP contribution in [0, 0.1) is 6.92 Å². The van der Waals surface area contributed by atoms with Gasteiger partial charge in [-0.15, -0.1) is 0 Å². The van der Waals surface area contributed by atoms with E-state index in [0.29, 0.717) is 45.4 Å². The quantitative estimate of drug-likeness (QED) is 0.504. The van der Waals surface area contributed by atoms with Gasteiger partial charge in [-0.1, -0.05) is 0 Å². The van der Waals surface area contributed by atoms with Gasteiger partial charge in [-0.3, -0.25) is 4.79 Å². The summed E-state index contributed by atoms with van der Waals surface area (Å²) in [6.45, 7) is 1.51. The molecule has 0 aromatic heterocycles. The number of ether oxygens (including phenoxy) is 6. The molecule has 8 nitrogen and oxygen atoms in total. The van der Waals surface area contributed by atoms with Crippen LogP contribution < -0.4 is 23.7 Å². The van der Waals surface area contributed by atoms with Gasteiger partial charge in [0.2, 0.25) is 5.78 Å². The minimum absolute atomic E-state index is 0.128. The lowest BCUT2D eigenvalue weighted by Gasteiger charge is -2.12. The highest BCUT2D eigenvalue weighted by Crippen LogP contribution is 2.41. The molecule has 0 atom stereocenters. The second-order valence-corrected chi connectivity index (χ2v) is 6.32. The zero-order valence-corrected chi connectivity index (χ0v) is 17.4. The zero-order valence-electron chi connectivity index (χ0n) is 17.4. The first-order valence-electron chi connectivity index (χ1n) is 9.01. The Bertz CT molecular complexity index is 1020. The van der Waals surface area contributed by atoms with Crippen LogP contribution >= 0.6 is 0 Å². The molecule has 0 fully saturated rings. The molecule has 30 heavy (non-hydrogen) atoms. The highest BCUT2D eigenvalue weighted by atomic mass is 16.6. The molecule has 1 heterocycles. The Morgan fingerprint density at radius 1 is 0.967 bits per heavy atom. The van der Waals surface area contributed by atoms with Crippen molar-refractivity contribution >= 4 is 17.8 Å². The summed E-state index contributed by atoms with van der Waals surface area (Å²) in [5.74, 6) is 1.64. The smallest absolute Gasteiger partial charge is 0.343 e. The SMILES string of the molecule is COC(=O)COc1ccc2c(c1C)O/C(=C\c1cc(OC)c(OC)cc1OC)C2=O. The van der Waals surface area contributed by atoms with Crippen LogP contribution in [0.5, 0.6) is 28.7 Å². The van der Waals surface area contributed by atoms with Crippen LogP contribution in [0.1, 0.15) is 21.5 Å². The third-order valence-corrected chi connectivity index (χ3v) is 4.63. The number of ketones is 1. The number of fused-ring (bicyclic) bond motifs is 1. The fourth-order valence-electron chi connectivity index (χ4n) is 3.03. The van der Waals surface area contributed by atoms with Gasteiger partial charge in [0.05, 0.1) is 34.0 Å². The summed E-state index contributed by atoms with van der Waals surface area (Å²) in [7, 11) is 5.85. The van der Waals surface area contributed by atoms with E-state index in [4.69, 9.17) is 23.7 Å². The Morgan fingerprint density at radius 2 is 1.63 bits per heavy atom. The molecule has 1 aliphatic heterocycles. The van der Waals surface area contributed by atoms with Crippen molar-refractivity contribution in [2.24, 2.45) is 0 Å². The van der Waals surface area contributed by atoms with Crippen LogP contribution in [0.25, 0.3) is 6.08 Å². The van der Waals surface area contributed by atoms with E-state index in [-0.39, 0.29) is 18.1 Å². The standard InChI is InChI=1S/C22H22O8/c1-12-15(29-11-20(23)28-5)7-6-14-21(24)19(30-22(12)14)9-13-8-17(26-3)18(27-4)10-16(13)25-2/h6-10H,11H2,1-5H3/b19-9-. The second-order valence-electron chi connectivity index (χ2n) is 6.32. The maximum atomic E-state index is 12.8. The predicted octanol–water partition coefficient (Wildman–Crippen LogP) is 3.19. The highest BCUT2D eigenvalue weighted by molar-refractivity contribution is 6.15. The van der Waals surface area contributed by atoms with Gasteiger partial charge in [-0.2, -0.15) is 0 Å². The number of rotatable bonds is 7. The fraction of sp³-hybridized carbons (Fsp3) is 0.273. The average Bonchev–Trinajstić information content (AvgIpc) is 3.08. The molecular weight excluding hydrogens is 392 g/mol. The molecule has 0 N–H and O–H groups in total. The lowest BCUT2D eigenvalue weighted by atomic mass is 10.1. The monoisotopic (exact) mass is 414 g/mol. The Balaban J connectivity index is 1.95. The first-order chi connectivity index (χ1) is 14.4. The van der Waals surface area contributed by atoms with Crippen molar-refractivity contribution < 1.29 is 38.0 Å². The van der Waals surface area contributed by atoms with Gasteiger partial charge in [0, 0.05) is 17.2 Å². The molecule has 2 aromatic rings. The number of hydrogen-bond donors (Lipinski definition) is 0. The van der Waals surface area contributed by atoms with Crippen LogP contribution in [-0.2, 0) is 9.53 Å². The molecule has 0 bridgehead atoms. The van der Waals surface area contributed by atoms with Gasteiger partial charge >= 0.3 is 5.97 Å². The summed E-state index contributed by atoms with van der Waals surface area (Å²) in [6, 6.07) is 6.59. The predicted molar refractivity (Wildman–Crippen MR) is 108 cm³/mol. The van der Waals surface area contributed by atoms with E-state index in [1.807, 2.05) is 0 Å². The first-order valence-corrected chi connectivity index (χ1v) is 9.01. The van der Waals surface area contributed by atoms with Gasteiger partial charge in [0.15, 0.2) is 23.9 Å². The van der Waals surface area contributed by atoms with E-state index in [2.05, 4.69) is 4.74 Å². The molecule has 2 aromatic carbocycles. The van der Waals surface area contributed by atoms with Gasteiger partial charge in [0.1, 0.15) is 17.2 Å². The summed E-state index contributed by atoms with van der Waals surface area (Å²) in [5, 5.41) is 0. The normalized spacial score (nSPS) is 13.5. The number of benzene rings is 2. The van der Waals surface area contributed by atoms with E-state index in [1.54, 1.807) is 37.3 Å². The number of hydrogen-bond acceptors (Lipinski definition) is 8. The van der Waals surface area contributed by atoms with E-state index >= 15 is 0 Å². The molecule has 0 saturated carbocycles. The van der Waals surface area contributed by atoms with Crippen LogP contribution in [0.2, 0.25) is 0 Å². The number of carbonyl (C=O) groups excluding carboxylic acids is 2. The molecule has 0 radical (unpaired) electrons. The van der Waals surface area contributed by atoms with Crippen molar-refractivity contribution in [2.45, 2.75) is 6.92 Å². The largest absolute Gasteiger partial charge is 0.496 e. The molecule has 158 valence electrons. The van der Waals surface area contributed by atoms with Gasteiger partial charge < -0.3 is 28.4 Å². The highest BCUT2D eigenvalue weighted by Gasteiger charge is 2.30. The zero-order chi connectivity index (χ0) is 21.8. The van der Waals surface area contributed by atoms with E-state index < -0.39 is 5.97 Å². The van der Waals surface area contributed by atoms with Crippen LogP contribution in [-0.4, -0.2) is 46.8 Å². The Morgan fingerprint density at radius 3 is 2.27 bits per heavy atom. The van der Waals surface area contributed by atoms with E-state index in [1.165, 1.54) is 28.4 Å². The molecule has 0 unspecified atom stereocenters. The Labute approximate surface area is 173 Å². The number of methoxy groups -OCH3 is 4. The third kappa shape index (κ3) is 3.89. The van der Waals surface area contributed by atoms with Gasteiger partial charge in [-0.05, 0) is 31.2 Å². The van der Waals surface area contributed by atoms with Crippen molar-refractivity contribution in [3.8, 4) is 28.7 Å². The average molecular weight is 414 g/mol. The summed E-state index contributed by atoms with van der Waals surface area (Å²) in [6.07, 6.45) is 1.58. The number of esters is 1. The molecule has 0 saturated heterocycles. The van der Waals surface area contributed by atoms with Gasteiger partial charge in [0.25, 0.3) is 0 Å². The molecule has 0 spiro atoms. The van der Waals surface area contributed by atoms with Crippen LogP contribution in [0.4, 0.5) is 0 Å². The van der Waals surface area contributed by atoms with Gasteiger partial charge in [-0.25, -0.2) is 4.79 Å². The Kier molecular flexibility index (Phi) is 6.15. The van der Waals surface area contributed by atoms with Crippen LogP contribution in [0.15, 0.2) is 30.0 Å². The lowest BCUT2D eigenvalue weighted by Crippen LogP contribution is -2.13. The third-order valence-electron chi connectivity index (χ3n) is 4.63. The van der Waals surface area contributed by atoms with Crippen molar-refractivity contribution in [2.75, 3.05) is 35.0 Å². The van der Waals surface area contributed by atoms with Crippen molar-refractivity contribution in [3.63, 3.8) is 0 Å². The minimum Gasteiger partial charge on any atom is -0.496 e. The number of Topliss-reactive ketones (excluding diaryl/α,β-unsaturated/α-hetero) is 1. The summed E-state index contributed by atoms with van der Waals surface area (Å²) >= 11 is 0. The maximum Gasteiger partial charge on any atom is 0.343 e. The molecule has 0 amide bonds. The van der Waals surface area contributed by atoms with E-state index in [9.17, 15) is 9.59 Å². The van der Waals surface area contributed by atoms with Crippen molar-refractivity contribution in [3.05, 3.63) is 46.7 Å². The van der Waals surface area contributed by atoms with Crippen LogP contribution in [0.3, 0.4) is 0 Å². The second kappa shape index (κ2) is 8.77. The molecular formula is C22H22O8. The lowest BCUT2D eigenvalue weighted by molar-refractivity contribution is -0.142. The summed E-state index contributed by atoms with van der Waals surface area (Å²) in [4.78, 5) is 24.2. The Hall–Kier alpha value is -3.68. The molecule has 0 aliphatic carbocycles. The van der Waals surface area contributed by atoms with Crippen molar-refractivity contribution in [1.82, 2.24) is 0 Å². The summed E-state index contributed by atoms with van der Waals surface area (Å²) in [5.41, 5.74) is 1.60. The minimum atomic E-state index is -0.506.